The number of hydrogen-bond acceptors (Lipinski definition) is 3. The van der Waals surface area contributed by atoms with Crippen molar-refractivity contribution < 1.29 is 14.3 Å². The van der Waals surface area contributed by atoms with Crippen molar-refractivity contribution in [2.24, 2.45) is 0 Å². The largest absolute Gasteiger partial charge is 0.486 e. The van der Waals surface area contributed by atoms with Gasteiger partial charge in [0.15, 0.2) is 11.5 Å². The van der Waals surface area contributed by atoms with Crippen molar-refractivity contribution >= 4 is 22.9 Å². The number of benzene rings is 1. The van der Waals surface area contributed by atoms with Crippen LogP contribution in [0.1, 0.15) is 5.56 Å². The van der Waals surface area contributed by atoms with Gasteiger partial charge in [-0.2, -0.15) is 0 Å². The van der Waals surface area contributed by atoms with Gasteiger partial charge in [-0.3, -0.25) is 4.79 Å². The summed E-state index contributed by atoms with van der Waals surface area (Å²) in [5.41, 5.74) is 0.791. The predicted molar refractivity (Wildman–Crippen MR) is 77.7 cm³/mol. The van der Waals surface area contributed by atoms with Crippen molar-refractivity contribution in [2.75, 3.05) is 13.2 Å². The molecule has 0 aliphatic carbocycles. The molecule has 0 radical (unpaired) electrons. The first-order valence-corrected chi connectivity index (χ1v) is 6.04. The van der Waals surface area contributed by atoms with Gasteiger partial charge in [0.2, 0.25) is 5.24 Å². The number of halogens is 1. The van der Waals surface area contributed by atoms with Crippen LogP contribution in [0.3, 0.4) is 0 Å². The Hall–Kier alpha value is -2.00. The van der Waals surface area contributed by atoms with Gasteiger partial charge >= 0.3 is 0 Å². The Morgan fingerprint density at radius 2 is 1.79 bits per heavy atom. The van der Waals surface area contributed by atoms with E-state index in [-0.39, 0.29) is 0 Å². The minimum atomic E-state index is -0.527. The number of carbonyl (C=O) groups is 1. The van der Waals surface area contributed by atoms with Gasteiger partial charge in [-0.05, 0) is 35.4 Å². The molecule has 100 valence electrons. The molecular weight excluding hydrogens is 264 g/mol. The molecule has 0 atom stereocenters. The van der Waals surface area contributed by atoms with Gasteiger partial charge in [0.25, 0.3) is 0 Å². The zero-order chi connectivity index (χ0) is 14.1. The van der Waals surface area contributed by atoms with Gasteiger partial charge in [0.1, 0.15) is 13.2 Å². The summed E-state index contributed by atoms with van der Waals surface area (Å²) in [4.78, 5) is 10.7. The fraction of sp³-hybridized carbons (Fsp3) is 0.133. The molecule has 0 saturated carbocycles. The Bertz CT molecular complexity index is 492. The second-order valence-corrected chi connectivity index (χ2v) is 3.92. The van der Waals surface area contributed by atoms with Gasteiger partial charge in [0.05, 0.1) is 0 Å². The van der Waals surface area contributed by atoms with Crippen molar-refractivity contribution in [2.45, 2.75) is 0 Å². The first-order valence-electron chi connectivity index (χ1n) is 5.66. The van der Waals surface area contributed by atoms with Crippen LogP contribution in [-0.2, 0) is 4.79 Å². The lowest BCUT2D eigenvalue weighted by Gasteiger charge is -2.11. The first-order chi connectivity index (χ1) is 9.17. The van der Waals surface area contributed by atoms with Crippen LogP contribution in [0.4, 0.5) is 0 Å². The van der Waals surface area contributed by atoms with E-state index in [0.717, 1.165) is 5.56 Å². The number of hydrogen-bond donors (Lipinski definition) is 0. The molecule has 0 aliphatic rings. The number of rotatable bonds is 8. The highest BCUT2D eigenvalue weighted by molar-refractivity contribution is 6.66. The third-order valence-corrected chi connectivity index (χ3v) is 2.21. The smallest absolute Gasteiger partial charge is 0.245 e. The fourth-order valence-corrected chi connectivity index (χ4v) is 1.38. The normalized spacial score (nSPS) is 10.2. The van der Waals surface area contributed by atoms with Crippen molar-refractivity contribution in [3.05, 3.63) is 55.1 Å². The lowest BCUT2D eigenvalue weighted by atomic mass is 10.2. The Labute approximate surface area is 117 Å². The van der Waals surface area contributed by atoms with Crippen LogP contribution in [0.15, 0.2) is 49.6 Å². The maximum Gasteiger partial charge on any atom is 0.245 e. The lowest BCUT2D eigenvalue weighted by Crippen LogP contribution is -1.99. The molecule has 1 aromatic carbocycles. The first kappa shape index (κ1) is 15.1. The molecule has 0 saturated heterocycles. The summed E-state index contributed by atoms with van der Waals surface area (Å²) < 4.78 is 11.0. The molecule has 0 amide bonds. The zero-order valence-corrected chi connectivity index (χ0v) is 11.2. The topological polar surface area (TPSA) is 35.5 Å². The van der Waals surface area contributed by atoms with Gasteiger partial charge in [0, 0.05) is 0 Å². The van der Waals surface area contributed by atoms with E-state index in [0.29, 0.717) is 24.7 Å². The van der Waals surface area contributed by atoms with Crippen LogP contribution < -0.4 is 9.47 Å². The van der Waals surface area contributed by atoms with Crippen LogP contribution in [0.5, 0.6) is 11.5 Å². The minimum absolute atomic E-state index is 0.367. The molecule has 0 bridgehead atoms. The summed E-state index contributed by atoms with van der Waals surface area (Å²) in [5.74, 6) is 1.18. The molecule has 0 N–H and O–H groups in total. The summed E-state index contributed by atoms with van der Waals surface area (Å²) in [6.07, 6.45) is 6.17. The van der Waals surface area contributed by atoms with E-state index in [1.807, 2.05) is 0 Å². The van der Waals surface area contributed by atoms with Crippen LogP contribution >= 0.6 is 11.6 Å². The summed E-state index contributed by atoms with van der Waals surface area (Å²) >= 11 is 5.24. The Kier molecular flexibility index (Phi) is 6.47. The summed E-state index contributed by atoms with van der Waals surface area (Å²) in [6.45, 7) is 7.94. The molecule has 0 unspecified atom stereocenters. The average molecular weight is 279 g/mol. The quantitative estimate of drug-likeness (QED) is 0.414. The molecule has 1 rings (SSSR count). The average Bonchev–Trinajstić information content (AvgIpc) is 2.41. The molecule has 0 spiro atoms. The van der Waals surface area contributed by atoms with E-state index in [4.69, 9.17) is 21.1 Å². The Morgan fingerprint density at radius 1 is 1.16 bits per heavy atom. The summed E-state index contributed by atoms with van der Waals surface area (Å²) in [6, 6.07) is 5.33. The Morgan fingerprint density at radius 3 is 2.37 bits per heavy atom. The van der Waals surface area contributed by atoms with Gasteiger partial charge in [-0.15, -0.1) is 0 Å². The molecule has 0 aromatic heterocycles. The zero-order valence-electron chi connectivity index (χ0n) is 10.5. The third-order valence-electron chi connectivity index (χ3n) is 2.09. The second kappa shape index (κ2) is 8.16. The molecule has 1 aromatic rings. The predicted octanol–water partition coefficient (Wildman–Crippen LogP) is 3.59. The lowest BCUT2D eigenvalue weighted by molar-refractivity contribution is -0.107. The molecule has 3 nitrogen and oxygen atoms in total. The maximum atomic E-state index is 10.7. The minimum Gasteiger partial charge on any atom is -0.486 e. The van der Waals surface area contributed by atoms with E-state index in [1.165, 1.54) is 6.08 Å². The van der Waals surface area contributed by atoms with E-state index in [2.05, 4.69) is 13.2 Å². The van der Waals surface area contributed by atoms with Crippen LogP contribution in [0.2, 0.25) is 0 Å². The highest BCUT2D eigenvalue weighted by atomic mass is 35.5. The van der Waals surface area contributed by atoms with Crippen molar-refractivity contribution in [1.29, 1.82) is 0 Å². The van der Waals surface area contributed by atoms with Gasteiger partial charge in [-0.1, -0.05) is 37.5 Å². The summed E-state index contributed by atoms with van der Waals surface area (Å²) in [5, 5.41) is -0.527. The molecule has 4 heteroatoms. The SMILES string of the molecule is C=CCOc1ccc(/C=C/C(=O)Cl)cc1OCC=C. The highest BCUT2D eigenvalue weighted by Crippen LogP contribution is 2.29. The highest BCUT2D eigenvalue weighted by Gasteiger charge is 2.05. The number of allylic oxidation sites excluding steroid dienone is 1. The maximum absolute atomic E-state index is 10.7. The van der Waals surface area contributed by atoms with Crippen LogP contribution in [-0.4, -0.2) is 18.5 Å². The van der Waals surface area contributed by atoms with E-state index in [9.17, 15) is 4.79 Å². The van der Waals surface area contributed by atoms with Crippen molar-refractivity contribution in [3.8, 4) is 11.5 Å². The second-order valence-electron chi connectivity index (χ2n) is 3.54. The van der Waals surface area contributed by atoms with E-state index >= 15 is 0 Å². The van der Waals surface area contributed by atoms with Crippen molar-refractivity contribution in [3.63, 3.8) is 0 Å². The molecule has 19 heavy (non-hydrogen) atoms. The van der Waals surface area contributed by atoms with Crippen molar-refractivity contribution in [1.82, 2.24) is 0 Å². The van der Waals surface area contributed by atoms with E-state index < -0.39 is 5.24 Å². The summed E-state index contributed by atoms with van der Waals surface area (Å²) in [7, 11) is 0. The molecule has 0 aliphatic heterocycles. The van der Waals surface area contributed by atoms with E-state index in [1.54, 1.807) is 36.4 Å². The van der Waals surface area contributed by atoms with Gasteiger partial charge < -0.3 is 9.47 Å². The van der Waals surface area contributed by atoms with Gasteiger partial charge in [-0.25, -0.2) is 0 Å². The standard InChI is InChI=1S/C15H15ClO3/c1-3-9-18-13-7-5-12(6-8-15(16)17)11-14(13)19-10-4-2/h3-8,11H,1-2,9-10H2/b8-6+. The molecular formula is C15H15ClO3. The number of carbonyl (C=O) groups excluding carboxylic acids is 1. The fourth-order valence-electron chi connectivity index (χ4n) is 1.32. The van der Waals surface area contributed by atoms with Crippen LogP contribution in [0.25, 0.3) is 6.08 Å². The molecule has 0 heterocycles. The Balaban J connectivity index is 2.95. The van der Waals surface area contributed by atoms with Crippen LogP contribution in [0, 0.1) is 0 Å². The monoisotopic (exact) mass is 278 g/mol. The molecule has 0 fully saturated rings. The number of ether oxygens (including phenoxy) is 2. The third kappa shape index (κ3) is 5.44.